The van der Waals surface area contributed by atoms with Crippen molar-refractivity contribution in [3.63, 3.8) is 0 Å². The van der Waals surface area contributed by atoms with E-state index in [2.05, 4.69) is 38.8 Å². The molecule has 1 aromatic rings. The van der Waals surface area contributed by atoms with Gasteiger partial charge in [0.2, 0.25) is 0 Å². The first-order valence-corrected chi connectivity index (χ1v) is 6.94. The number of pyridine rings is 1. The molecule has 0 aromatic carbocycles. The first-order valence-electron chi connectivity index (χ1n) is 5.61. The van der Waals surface area contributed by atoms with E-state index in [4.69, 9.17) is 11.6 Å². The summed E-state index contributed by atoms with van der Waals surface area (Å²) in [5.41, 5.74) is 1.12. The largest absolute Gasteiger partial charge is 0.293 e. The smallest absolute Gasteiger partial charge is 0.0544 e. The summed E-state index contributed by atoms with van der Waals surface area (Å²) in [5.74, 6) is 1.42. The van der Waals surface area contributed by atoms with Crippen molar-refractivity contribution in [1.29, 1.82) is 0 Å². The van der Waals surface area contributed by atoms with Crippen molar-refractivity contribution >= 4 is 27.5 Å². The van der Waals surface area contributed by atoms with Crippen LogP contribution in [0.5, 0.6) is 0 Å². The van der Waals surface area contributed by atoms with Gasteiger partial charge in [0.1, 0.15) is 0 Å². The van der Waals surface area contributed by atoms with Gasteiger partial charge >= 0.3 is 0 Å². The standard InChI is InChI=1S/C12H16BrClN2/c1-9-4-5-16(12(9)6-14)8-11-3-2-10(13)7-15-11/h2-3,7,9,12H,4-6,8H2,1H3. The van der Waals surface area contributed by atoms with Crippen LogP contribution in [0.25, 0.3) is 0 Å². The summed E-state index contributed by atoms with van der Waals surface area (Å²) in [4.78, 5) is 6.84. The molecule has 88 valence electrons. The van der Waals surface area contributed by atoms with Crippen LogP contribution in [-0.4, -0.2) is 28.4 Å². The molecule has 0 saturated carbocycles. The molecule has 0 radical (unpaired) electrons. The van der Waals surface area contributed by atoms with E-state index in [-0.39, 0.29) is 0 Å². The summed E-state index contributed by atoms with van der Waals surface area (Å²) in [6.07, 6.45) is 3.10. The van der Waals surface area contributed by atoms with Gasteiger partial charge in [-0.2, -0.15) is 0 Å². The Balaban J connectivity index is 2.01. The van der Waals surface area contributed by atoms with E-state index in [9.17, 15) is 0 Å². The van der Waals surface area contributed by atoms with Crippen LogP contribution in [0.4, 0.5) is 0 Å². The Morgan fingerprint density at radius 2 is 2.38 bits per heavy atom. The van der Waals surface area contributed by atoms with E-state index >= 15 is 0 Å². The molecule has 2 unspecified atom stereocenters. The van der Waals surface area contributed by atoms with Gasteiger partial charge in [-0.05, 0) is 46.9 Å². The maximum absolute atomic E-state index is 6.02. The van der Waals surface area contributed by atoms with E-state index in [1.807, 2.05) is 12.3 Å². The highest BCUT2D eigenvalue weighted by atomic mass is 79.9. The van der Waals surface area contributed by atoms with Crippen LogP contribution < -0.4 is 0 Å². The molecule has 0 spiro atoms. The Hall–Kier alpha value is -0.120. The van der Waals surface area contributed by atoms with Crippen molar-refractivity contribution in [3.8, 4) is 0 Å². The van der Waals surface area contributed by atoms with Crippen molar-refractivity contribution in [3.05, 3.63) is 28.5 Å². The topological polar surface area (TPSA) is 16.1 Å². The van der Waals surface area contributed by atoms with Crippen LogP contribution in [-0.2, 0) is 6.54 Å². The lowest BCUT2D eigenvalue weighted by Crippen LogP contribution is -2.33. The normalized spacial score (nSPS) is 26.2. The highest BCUT2D eigenvalue weighted by Gasteiger charge is 2.30. The molecular formula is C12H16BrClN2. The number of nitrogens with zero attached hydrogens (tertiary/aromatic N) is 2. The fourth-order valence-corrected chi connectivity index (χ4v) is 2.98. The second kappa shape index (κ2) is 5.48. The molecule has 0 N–H and O–H groups in total. The zero-order valence-electron chi connectivity index (χ0n) is 9.37. The predicted octanol–water partition coefficient (Wildman–Crippen LogP) is 3.29. The molecule has 1 aromatic heterocycles. The first-order chi connectivity index (χ1) is 7.70. The summed E-state index contributed by atoms with van der Waals surface area (Å²) in [5, 5.41) is 0. The van der Waals surface area contributed by atoms with Crippen LogP contribution in [0, 0.1) is 5.92 Å². The number of halogens is 2. The van der Waals surface area contributed by atoms with E-state index in [0.717, 1.165) is 29.1 Å². The minimum Gasteiger partial charge on any atom is -0.293 e. The zero-order valence-corrected chi connectivity index (χ0v) is 11.7. The Morgan fingerprint density at radius 3 is 3.00 bits per heavy atom. The van der Waals surface area contributed by atoms with Gasteiger partial charge in [0.15, 0.2) is 0 Å². The van der Waals surface area contributed by atoms with Crippen LogP contribution in [0.15, 0.2) is 22.8 Å². The molecular weight excluding hydrogens is 288 g/mol. The quantitative estimate of drug-likeness (QED) is 0.797. The van der Waals surface area contributed by atoms with Crippen molar-refractivity contribution in [1.82, 2.24) is 9.88 Å². The zero-order chi connectivity index (χ0) is 11.5. The Bertz CT molecular complexity index is 341. The average molecular weight is 304 g/mol. The minimum absolute atomic E-state index is 0.507. The molecule has 0 bridgehead atoms. The molecule has 2 heterocycles. The van der Waals surface area contributed by atoms with Crippen LogP contribution in [0.2, 0.25) is 0 Å². The molecule has 1 fully saturated rings. The second-order valence-corrected chi connectivity index (χ2v) is 5.65. The SMILES string of the molecule is CC1CCN(Cc2ccc(Br)cn2)C1CCl. The lowest BCUT2D eigenvalue weighted by molar-refractivity contribution is 0.239. The molecule has 16 heavy (non-hydrogen) atoms. The van der Waals surface area contributed by atoms with Crippen molar-refractivity contribution in [2.24, 2.45) is 5.92 Å². The third-order valence-corrected chi connectivity index (χ3v) is 4.09. The average Bonchev–Trinajstić information content (AvgIpc) is 2.63. The van der Waals surface area contributed by atoms with E-state index < -0.39 is 0 Å². The maximum atomic E-state index is 6.02. The Morgan fingerprint density at radius 1 is 1.56 bits per heavy atom. The van der Waals surface area contributed by atoms with E-state index in [1.165, 1.54) is 6.42 Å². The van der Waals surface area contributed by atoms with Gasteiger partial charge in [-0.3, -0.25) is 9.88 Å². The molecule has 1 aliphatic heterocycles. The van der Waals surface area contributed by atoms with Gasteiger partial charge in [-0.15, -0.1) is 11.6 Å². The van der Waals surface area contributed by atoms with Crippen molar-refractivity contribution in [2.45, 2.75) is 25.9 Å². The summed E-state index contributed by atoms with van der Waals surface area (Å²) < 4.78 is 1.03. The fraction of sp³-hybridized carbons (Fsp3) is 0.583. The Labute approximate surface area is 110 Å². The Kier molecular flexibility index (Phi) is 4.22. The van der Waals surface area contributed by atoms with Gasteiger partial charge in [0.05, 0.1) is 5.69 Å². The van der Waals surface area contributed by atoms with Crippen LogP contribution in [0.3, 0.4) is 0 Å². The summed E-state index contributed by atoms with van der Waals surface area (Å²) in [6, 6.07) is 4.61. The summed E-state index contributed by atoms with van der Waals surface area (Å²) >= 11 is 9.42. The van der Waals surface area contributed by atoms with Crippen molar-refractivity contribution < 1.29 is 0 Å². The highest BCUT2D eigenvalue weighted by molar-refractivity contribution is 9.10. The van der Waals surface area contributed by atoms with Crippen molar-refractivity contribution in [2.75, 3.05) is 12.4 Å². The van der Waals surface area contributed by atoms with Gasteiger partial charge in [-0.25, -0.2) is 0 Å². The number of rotatable bonds is 3. The lowest BCUT2D eigenvalue weighted by atomic mass is 10.1. The molecule has 4 heteroatoms. The van der Waals surface area contributed by atoms with Crippen LogP contribution in [0.1, 0.15) is 19.0 Å². The minimum atomic E-state index is 0.507. The first kappa shape index (κ1) is 12.3. The van der Waals surface area contributed by atoms with Gasteiger partial charge < -0.3 is 0 Å². The summed E-state index contributed by atoms with van der Waals surface area (Å²) in [7, 11) is 0. The monoisotopic (exact) mass is 302 g/mol. The van der Waals surface area contributed by atoms with Gasteiger partial charge in [0, 0.05) is 29.1 Å². The fourth-order valence-electron chi connectivity index (χ4n) is 2.24. The number of hydrogen-bond acceptors (Lipinski definition) is 2. The number of alkyl halides is 1. The third-order valence-electron chi connectivity index (χ3n) is 3.31. The van der Waals surface area contributed by atoms with E-state index in [1.54, 1.807) is 0 Å². The van der Waals surface area contributed by atoms with Gasteiger partial charge in [0.25, 0.3) is 0 Å². The predicted molar refractivity (Wildman–Crippen MR) is 70.6 cm³/mol. The molecule has 2 nitrogen and oxygen atoms in total. The van der Waals surface area contributed by atoms with Crippen LogP contribution >= 0.6 is 27.5 Å². The molecule has 1 saturated heterocycles. The number of hydrogen-bond donors (Lipinski definition) is 0. The molecule has 0 amide bonds. The third kappa shape index (κ3) is 2.76. The summed E-state index contributed by atoms with van der Waals surface area (Å²) in [6.45, 7) is 4.33. The number of likely N-dealkylation sites (tertiary alicyclic amines) is 1. The molecule has 0 aliphatic carbocycles. The molecule has 2 rings (SSSR count). The molecule has 2 atom stereocenters. The van der Waals surface area contributed by atoms with E-state index in [0.29, 0.717) is 12.0 Å². The number of aromatic nitrogens is 1. The second-order valence-electron chi connectivity index (χ2n) is 4.43. The lowest BCUT2D eigenvalue weighted by Gasteiger charge is -2.24. The van der Waals surface area contributed by atoms with Gasteiger partial charge in [-0.1, -0.05) is 6.92 Å². The highest BCUT2D eigenvalue weighted by Crippen LogP contribution is 2.26. The molecule has 1 aliphatic rings. The maximum Gasteiger partial charge on any atom is 0.0544 e.